The molecule has 1 aliphatic rings. The summed E-state index contributed by atoms with van der Waals surface area (Å²) in [5.41, 5.74) is 0. The maximum Gasteiger partial charge on any atom is 0.235 e. The molecule has 1 aliphatic carbocycles. The van der Waals surface area contributed by atoms with Gasteiger partial charge in [0.1, 0.15) is 5.76 Å². The van der Waals surface area contributed by atoms with E-state index >= 15 is 0 Å². The summed E-state index contributed by atoms with van der Waals surface area (Å²) >= 11 is 1.30. The minimum absolute atomic E-state index is 0.00850. The Labute approximate surface area is 134 Å². The van der Waals surface area contributed by atoms with Crippen LogP contribution < -0.4 is 10.6 Å². The number of carbonyl (C=O) groups is 2. The summed E-state index contributed by atoms with van der Waals surface area (Å²) in [6, 6.07) is 1.95. The first kappa shape index (κ1) is 16.9. The summed E-state index contributed by atoms with van der Waals surface area (Å²) in [6.07, 6.45) is 4.55. The van der Waals surface area contributed by atoms with Crippen molar-refractivity contribution in [3.8, 4) is 0 Å². The molecule has 0 bridgehead atoms. The van der Waals surface area contributed by atoms with Gasteiger partial charge in [0.15, 0.2) is 5.82 Å². The summed E-state index contributed by atoms with van der Waals surface area (Å²) in [7, 11) is 0. The lowest BCUT2D eigenvalue weighted by Crippen LogP contribution is -2.39. The van der Waals surface area contributed by atoms with E-state index in [1.54, 1.807) is 13.0 Å². The van der Waals surface area contributed by atoms with Gasteiger partial charge in [0.05, 0.1) is 11.5 Å². The Balaban J connectivity index is 1.61. The molecule has 2 rings (SSSR count). The van der Waals surface area contributed by atoms with Crippen molar-refractivity contribution in [1.82, 2.24) is 10.5 Å². The molecular formula is C15H23N3O3S. The predicted molar refractivity (Wildman–Crippen MR) is 86.8 cm³/mol. The number of amides is 2. The van der Waals surface area contributed by atoms with E-state index in [2.05, 4.69) is 22.7 Å². The fourth-order valence-electron chi connectivity index (χ4n) is 2.68. The summed E-state index contributed by atoms with van der Waals surface area (Å²) in [6.45, 7) is 3.98. The number of carbonyl (C=O) groups excluding carboxylic acids is 2. The van der Waals surface area contributed by atoms with Crippen molar-refractivity contribution in [2.75, 3.05) is 16.8 Å². The minimum Gasteiger partial charge on any atom is -0.360 e. The van der Waals surface area contributed by atoms with E-state index in [1.807, 2.05) is 0 Å². The smallest absolute Gasteiger partial charge is 0.235 e. The summed E-state index contributed by atoms with van der Waals surface area (Å²) < 4.78 is 4.87. The van der Waals surface area contributed by atoms with Gasteiger partial charge in [-0.25, -0.2) is 0 Å². The Morgan fingerprint density at radius 3 is 2.82 bits per heavy atom. The normalized spacial score (nSPS) is 21.4. The quantitative estimate of drug-likeness (QED) is 0.839. The van der Waals surface area contributed by atoms with Crippen LogP contribution in [0.15, 0.2) is 10.6 Å². The Morgan fingerprint density at radius 2 is 2.14 bits per heavy atom. The third-order valence-corrected chi connectivity index (χ3v) is 4.60. The molecule has 7 heteroatoms. The zero-order chi connectivity index (χ0) is 15.9. The van der Waals surface area contributed by atoms with Gasteiger partial charge >= 0.3 is 0 Å². The van der Waals surface area contributed by atoms with Crippen molar-refractivity contribution in [3.63, 3.8) is 0 Å². The van der Waals surface area contributed by atoms with Gasteiger partial charge in [0.2, 0.25) is 11.8 Å². The summed E-state index contributed by atoms with van der Waals surface area (Å²) in [5, 5.41) is 9.37. The molecule has 2 unspecified atom stereocenters. The minimum atomic E-state index is -0.183. The topological polar surface area (TPSA) is 84.2 Å². The molecule has 1 aromatic heterocycles. The van der Waals surface area contributed by atoms with E-state index in [1.165, 1.54) is 24.6 Å². The van der Waals surface area contributed by atoms with Gasteiger partial charge in [0.25, 0.3) is 0 Å². The molecule has 6 nitrogen and oxygen atoms in total. The van der Waals surface area contributed by atoms with Crippen LogP contribution in [0.2, 0.25) is 0 Å². The van der Waals surface area contributed by atoms with E-state index in [-0.39, 0.29) is 17.6 Å². The number of rotatable bonds is 6. The predicted octanol–water partition coefficient (Wildman–Crippen LogP) is 2.35. The standard InChI is InChI=1S/C15H23N3O3S/c1-10-4-3-5-12(6-10)16-14(19)8-22-9-15(20)17-13-7-11(2)21-18-13/h7,10,12H,3-6,8-9H2,1-2H3,(H,16,19)(H,17,18,20). The Morgan fingerprint density at radius 1 is 1.36 bits per heavy atom. The maximum absolute atomic E-state index is 11.9. The van der Waals surface area contributed by atoms with Crippen LogP contribution in [0.4, 0.5) is 5.82 Å². The van der Waals surface area contributed by atoms with Gasteiger partial charge in [-0.05, 0) is 25.7 Å². The lowest BCUT2D eigenvalue weighted by molar-refractivity contribution is -0.119. The number of nitrogens with one attached hydrogen (secondary N) is 2. The van der Waals surface area contributed by atoms with E-state index in [0.717, 1.165) is 12.8 Å². The molecule has 1 heterocycles. The lowest BCUT2D eigenvalue weighted by Gasteiger charge is -2.27. The molecule has 0 aliphatic heterocycles. The Kier molecular flexibility index (Phi) is 6.30. The monoisotopic (exact) mass is 325 g/mol. The van der Waals surface area contributed by atoms with E-state index in [9.17, 15) is 9.59 Å². The number of aryl methyl sites for hydroxylation is 1. The van der Waals surface area contributed by atoms with Crippen LogP contribution in [-0.2, 0) is 9.59 Å². The highest BCUT2D eigenvalue weighted by Gasteiger charge is 2.20. The Bertz CT molecular complexity index is 518. The van der Waals surface area contributed by atoms with Crippen molar-refractivity contribution in [2.45, 2.75) is 45.6 Å². The van der Waals surface area contributed by atoms with Crippen molar-refractivity contribution >= 4 is 29.4 Å². The van der Waals surface area contributed by atoms with Crippen LogP contribution in [0.5, 0.6) is 0 Å². The van der Waals surface area contributed by atoms with Gasteiger partial charge < -0.3 is 15.2 Å². The van der Waals surface area contributed by atoms with Crippen LogP contribution in [0.3, 0.4) is 0 Å². The highest BCUT2D eigenvalue weighted by molar-refractivity contribution is 8.00. The highest BCUT2D eigenvalue weighted by atomic mass is 32.2. The molecule has 22 heavy (non-hydrogen) atoms. The fourth-order valence-corrected chi connectivity index (χ4v) is 3.30. The van der Waals surface area contributed by atoms with Gasteiger partial charge in [0, 0.05) is 12.1 Å². The first-order valence-electron chi connectivity index (χ1n) is 7.63. The summed E-state index contributed by atoms with van der Waals surface area (Å²) in [4.78, 5) is 23.6. The first-order chi connectivity index (χ1) is 10.5. The van der Waals surface area contributed by atoms with Gasteiger partial charge in [-0.2, -0.15) is 0 Å². The van der Waals surface area contributed by atoms with Crippen LogP contribution >= 0.6 is 11.8 Å². The molecule has 2 atom stereocenters. The van der Waals surface area contributed by atoms with E-state index in [0.29, 0.717) is 29.3 Å². The molecule has 1 saturated carbocycles. The average molecular weight is 325 g/mol. The molecule has 2 amide bonds. The molecule has 0 aromatic carbocycles. The third-order valence-electron chi connectivity index (χ3n) is 3.66. The molecule has 1 fully saturated rings. The lowest BCUT2D eigenvalue weighted by atomic mass is 9.87. The second kappa shape index (κ2) is 8.22. The molecule has 1 aromatic rings. The maximum atomic E-state index is 11.9. The van der Waals surface area contributed by atoms with Gasteiger partial charge in [-0.3, -0.25) is 9.59 Å². The van der Waals surface area contributed by atoms with Gasteiger partial charge in [-0.1, -0.05) is 24.9 Å². The third kappa shape index (κ3) is 5.71. The number of aromatic nitrogens is 1. The summed E-state index contributed by atoms with van der Waals surface area (Å²) in [5.74, 6) is 2.08. The SMILES string of the molecule is Cc1cc(NC(=O)CSCC(=O)NC2CCCC(C)C2)no1. The fraction of sp³-hybridized carbons (Fsp3) is 0.667. The molecule has 2 N–H and O–H groups in total. The molecule has 0 spiro atoms. The number of hydrogen-bond donors (Lipinski definition) is 2. The average Bonchev–Trinajstić information content (AvgIpc) is 2.84. The number of anilines is 1. The van der Waals surface area contributed by atoms with Crippen molar-refractivity contribution in [1.29, 1.82) is 0 Å². The second-order valence-electron chi connectivity index (χ2n) is 5.90. The molecular weight excluding hydrogens is 302 g/mol. The van der Waals surface area contributed by atoms with Crippen LogP contribution in [-0.4, -0.2) is 34.5 Å². The van der Waals surface area contributed by atoms with E-state index < -0.39 is 0 Å². The van der Waals surface area contributed by atoms with Crippen LogP contribution in [0, 0.1) is 12.8 Å². The number of hydrogen-bond acceptors (Lipinski definition) is 5. The first-order valence-corrected chi connectivity index (χ1v) is 8.78. The van der Waals surface area contributed by atoms with Crippen molar-refractivity contribution in [3.05, 3.63) is 11.8 Å². The Hall–Kier alpha value is -1.50. The molecule has 0 radical (unpaired) electrons. The molecule has 122 valence electrons. The van der Waals surface area contributed by atoms with Crippen LogP contribution in [0.1, 0.15) is 38.4 Å². The zero-order valence-electron chi connectivity index (χ0n) is 13.1. The zero-order valence-corrected chi connectivity index (χ0v) is 13.9. The largest absolute Gasteiger partial charge is 0.360 e. The van der Waals surface area contributed by atoms with Crippen molar-refractivity contribution in [2.24, 2.45) is 5.92 Å². The number of thioether (sulfide) groups is 1. The van der Waals surface area contributed by atoms with E-state index in [4.69, 9.17) is 4.52 Å². The van der Waals surface area contributed by atoms with Gasteiger partial charge in [-0.15, -0.1) is 11.8 Å². The highest BCUT2D eigenvalue weighted by Crippen LogP contribution is 2.23. The van der Waals surface area contributed by atoms with Crippen molar-refractivity contribution < 1.29 is 14.1 Å². The second-order valence-corrected chi connectivity index (χ2v) is 6.89. The number of nitrogens with zero attached hydrogens (tertiary/aromatic N) is 1. The molecule has 0 saturated heterocycles. The van der Waals surface area contributed by atoms with Crippen LogP contribution in [0.25, 0.3) is 0 Å².